The number of alkyl carbamates (subject to hydrolysis) is 1. The maximum absolute atomic E-state index is 12.1. The molecule has 0 aliphatic rings. The number of esters is 1. The molecule has 0 saturated carbocycles. The molecule has 140 valence electrons. The number of carbonyl (C=O) groups is 2. The summed E-state index contributed by atoms with van der Waals surface area (Å²) in [6.07, 6.45) is -0.616. The van der Waals surface area contributed by atoms with Crippen LogP contribution in [0.3, 0.4) is 0 Å². The fourth-order valence-corrected chi connectivity index (χ4v) is 4.11. The predicted octanol–water partition coefficient (Wildman–Crippen LogP) is 2.77. The standard InChI is InChI=1S/C18H27NO5Se/c1-12(25-11-13-7-9-14(22-5)10-8-13)15(16(20)23-6)19-17(21)24-18(2,3)4/h7-10,12,15H,11H2,1-6H3,(H,19,21)/t12-,15+/m1/s1. The van der Waals surface area contributed by atoms with Crippen LogP contribution in [0.4, 0.5) is 4.79 Å². The van der Waals surface area contributed by atoms with E-state index in [1.54, 1.807) is 27.9 Å². The van der Waals surface area contributed by atoms with Gasteiger partial charge in [0.1, 0.15) is 0 Å². The summed E-state index contributed by atoms with van der Waals surface area (Å²) in [5.41, 5.74) is 0.538. The van der Waals surface area contributed by atoms with Crippen LogP contribution >= 0.6 is 0 Å². The molecule has 1 aromatic rings. The van der Waals surface area contributed by atoms with E-state index in [2.05, 4.69) is 5.32 Å². The van der Waals surface area contributed by atoms with Crippen molar-refractivity contribution in [3.8, 4) is 5.75 Å². The zero-order valence-electron chi connectivity index (χ0n) is 15.6. The van der Waals surface area contributed by atoms with Crippen molar-refractivity contribution in [3.05, 3.63) is 29.8 Å². The molecule has 25 heavy (non-hydrogen) atoms. The Hall–Kier alpha value is -1.72. The molecule has 0 saturated heterocycles. The molecule has 0 bridgehead atoms. The molecule has 0 aliphatic heterocycles. The summed E-state index contributed by atoms with van der Waals surface area (Å²) in [5.74, 6) is 0.346. The van der Waals surface area contributed by atoms with E-state index in [1.165, 1.54) is 7.11 Å². The summed E-state index contributed by atoms with van der Waals surface area (Å²) in [6, 6.07) is 7.10. The van der Waals surface area contributed by atoms with Crippen LogP contribution in [-0.4, -0.2) is 52.9 Å². The van der Waals surface area contributed by atoms with Gasteiger partial charge < -0.3 is 0 Å². The number of ether oxygens (including phenoxy) is 3. The van der Waals surface area contributed by atoms with E-state index < -0.39 is 23.7 Å². The van der Waals surface area contributed by atoms with Gasteiger partial charge in [0.15, 0.2) is 0 Å². The second-order valence-corrected chi connectivity index (χ2v) is 9.38. The molecule has 0 fully saturated rings. The minimum absolute atomic E-state index is 0.0467. The van der Waals surface area contributed by atoms with Crippen molar-refractivity contribution >= 4 is 27.0 Å². The number of nitrogens with one attached hydrogen (secondary N) is 1. The van der Waals surface area contributed by atoms with Gasteiger partial charge >= 0.3 is 155 Å². The van der Waals surface area contributed by atoms with Crippen LogP contribution in [0.25, 0.3) is 0 Å². The van der Waals surface area contributed by atoms with Gasteiger partial charge in [-0.25, -0.2) is 0 Å². The molecule has 0 aromatic heterocycles. The van der Waals surface area contributed by atoms with Crippen LogP contribution in [0, 0.1) is 0 Å². The number of benzene rings is 1. The zero-order chi connectivity index (χ0) is 19.0. The summed E-state index contributed by atoms with van der Waals surface area (Å²) in [7, 11) is 2.94. The summed E-state index contributed by atoms with van der Waals surface area (Å²) in [6.45, 7) is 7.26. The Morgan fingerprint density at radius 2 is 1.76 bits per heavy atom. The van der Waals surface area contributed by atoms with Gasteiger partial charge in [-0.3, -0.25) is 0 Å². The summed E-state index contributed by atoms with van der Waals surface area (Å²) in [4.78, 5) is 24.0. The number of methoxy groups -OCH3 is 2. The van der Waals surface area contributed by atoms with E-state index in [0.717, 1.165) is 16.6 Å². The summed E-state index contributed by atoms with van der Waals surface area (Å²) >= 11 is 0.0858. The van der Waals surface area contributed by atoms with Crippen molar-refractivity contribution in [1.82, 2.24) is 5.32 Å². The molecule has 1 rings (SSSR count). The van der Waals surface area contributed by atoms with Crippen LogP contribution < -0.4 is 10.1 Å². The van der Waals surface area contributed by atoms with E-state index in [4.69, 9.17) is 14.2 Å². The topological polar surface area (TPSA) is 73.9 Å². The van der Waals surface area contributed by atoms with E-state index >= 15 is 0 Å². The Bertz CT molecular complexity index is 568. The van der Waals surface area contributed by atoms with Gasteiger partial charge in [-0.1, -0.05) is 0 Å². The Morgan fingerprint density at radius 3 is 2.24 bits per heavy atom. The van der Waals surface area contributed by atoms with E-state index in [-0.39, 0.29) is 19.8 Å². The van der Waals surface area contributed by atoms with Gasteiger partial charge in [-0.15, -0.1) is 0 Å². The van der Waals surface area contributed by atoms with Crippen molar-refractivity contribution in [2.24, 2.45) is 0 Å². The minimum atomic E-state index is -0.724. The van der Waals surface area contributed by atoms with Crippen LogP contribution in [0.5, 0.6) is 5.75 Å². The fraction of sp³-hybridized carbons (Fsp3) is 0.556. The van der Waals surface area contributed by atoms with Gasteiger partial charge in [0.25, 0.3) is 0 Å². The Labute approximate surface area is 155 Å². The zero-order valence-corrected chi connectivity index (χ0v) is 17.3. The molecule has 6 nitrogen and oxygen atoms in total. The number of carbonyl (C=O) groups excluding carboxylic acids is 2. The number of hydrogen-bond donors (Lipinski definition) is 1. The van der Waals surface area contributed by atoms with Crippen molar-refractivity contribution in [2.45, 2.75) is 49.5 Å². The van der Waals surface area contributed by atoms with Crippen molar-refractivity contribution < 1.29 is 23.8 Å². The Balaban J connectivity index is 2.67. The monoisotopic (exact) mass is 417 g/mol. The quantitative estimate of drug-likeness (QED) is 0.547. The number of rotatable bonds is 7. The van der Waals surface area contributed by atoms with Crippen LogP contribution in [0.1, 0.15) is 33.3 Å². The molecule has 1 N–H and O–H groups in total. The first-order valence-electron chi connectivity index (χ1n) is 7.98. The molecule has 7 heteroatoms. The van der Waals surface area contributed by atoms with Gasteiger partial charge in [0, 0.05) is 0 Å². The molecular formula is C18H27NO5Se. The van der Waals surface area contributed by atoms with Gasteiger partial charge in [-0.05, 0) is 0 Å². The van der Waals surface area contributed by atoms with Crippen molar-refractivity contribution in [2.75, 3.05) is 14.2 Å². The maximum atomic E-state index is 12.1. The van der Waals surface area contributed by atoms with Crippen molar-refractivity contribution in [3.63, 3.8) is 0 Å². The fourth-order valence-electron chi connectivity index (χ4n) is 1.98. The van der Waals surface area contributed by atoms with Gasteiger partial charge in [-0.2, -0.15) is 0 Å². The molecule has 0 aliphatic carbocycles. The first-order valence-corrected chi connectivity index (χ1v) is 10.2. The summed E-state index contributed by atoms with van der Waals surface area (Å²) < 4.78 is 15.2. The van der Waals surface area contributed by atoms with Crippen LogP contribution in [0.2, 0.25) is 4.82 Å². The Kier molecular flexibility index (Phi) is 8.26. The predicted molar refractivity (Wildman–Crippen MR) is 97.0 cm³/mol. The summed E-state index contributed by atoms with van der Waals surface area (Å²) in [5, 5.41) is 3.47. The number of amides is 1. The average molecular weight is 416 g/mol. The average Bonchev–Trinajstić information content (AvgIpc) is 2.55. The molecule has 1 amide bonds. The normalized spacial score (nSPS) is 13.5. The third-order valence-corrected chi connectivity index (χ3v) is 5.99. The van der Waals surface area contributed by atoms with Gasteiger partial charge in [0.05, 0.1) is 0 Å². The third-order valence-electron chi connectivity index (χ3n) is 3.27. The first-order chi connectivity index (χ1) is 11.7. The molecule has 1 aromatic carbocycles. The SMILES string of the molecule is COC(=O)[C@@H](NC(=O)OC(C)(C)C)[C@@H](C)[Se]Cc1ccc(OC)cc1. The molecule has 0 unspecified atom stereocenters. The third kappa shape index (κ3) is 7.80. The van der Waals surface area contributed by atoms with E-state index in [9.17, 15) is 9.59 Å². The second-order valence-electron chi connectivity index (χ2n) is 6.51. The second kappa shape index (κ2) is 9.68. The molecule has 2 atom stereocenters. The molecule has 0 spiro atoms. The van der Waals surface area contributed by atoms with E-state index in [0.29, 0.717) is 0 Å². The van der Waals surface area contributed by atoms with Crippen LogP contribution in [-0.2, 0) is 19.6 Å². The van der Waals surface area contributed by atoms with Crippen molar-refractivity contribution in [1.29, 1.82) is 0 Å². The Morgan fingerprint density at radius 1 is 1.16 bits per heavy atom. The molecule has 0 heterocycles. The van der Waals surface area contributed by atoms with Crippen LogP contribution in [0.15, 0.2) is 24.3 Å². The van der Waals surface area contributed by atoms with E-state index in [1.807, 2.05) is 31.2 Å². The first kappa shape index (κ1) is 21.3. The molecular weight excluding hydrogens is 389 g/mol. The molecule has 0 radical (unpaired) electrons. The number of hydrogen-bond acceptors (Lipinski definition) is 5. The van der Waals surface area contributed by atoms with Gasteiger partial charge in [0.2, 0.25) is 0 Å².